The number of aromatic hydroxyl groups is 1. The van der Waals surface area contributed by atoms with Crippen LogP contribution >= 0.6 is 0 Å². The maximum Gasteiger partial charge on any atom is 0.305 e. The number of carbonyl (C=O) groups excluding carboxylic acids is 1. The van der Waals surface area contributed by atoms with Gasteiger partial charge in [0.05, 0.1) is 13.5 Å². The molecule has 108 valence electrons. The van der Waals surface area contributed by atoms with E-state index in [4.69, 9.17) is 9.84 Å². The number of aliphatic carboxylic acids is 1. The van der Waals surface area contributed by atoms with Gasteiger partial charge in [0.2, 0.25) is 0 Å². The second-order valence-electron chi connectivity index (χ2n) is 4.90. The minimum absolute atomic E-state index is 0.0848. The molecule has 6 nitrogen and oxygen atoms in total. The number of carboxylic acids is 1. The van der Waals surface area contributed by atoms with Crippen LogP contribution in [-0.2, 0) is 4.79 Å². The Bertz CT molecular complexity index is 524. The molecular weight excluding hydrogens is 262 g/mol. The van der Waals surface area contributed by atoms with Crippen molar-refractivity contribution in [3.05, 3.63) is 23.8 Å². The topological polar surface area (TPSA) is 95.9 Å². The Morgan fingerprint density at radius 2 is 2.15 bits per heavy atom. The van der Waals surface area contributed by atoms with Crippen molar-refractivity contribution in [2.45, 2.75) is 25.3 Å². The monoisotopic (exact) mass is 279 g/mol. The van der Waals surface area contributed by atoms with Gasteiger partial charge in [-0.2, -0.15) is 0 Å². The number of phenols is 1. The highest BCUT2D eigenvalue weighted by molar-refractivity contribution is 5.95. The molecule has 0 radical (unpaired) electrons. The molecule has 1 unspecified atom stereocenters. The number of hydrogen-bond acceptors (Lipinski definition) is 4. The number of rotatable bonds is 6. The van der Waals surface area contributed by atoms with Crippen molar-refractivity contribution < 1.29 is 24.5 Å². The van der Waals surface area contributed by atoms with E-state index in [0.717, 1.165) is 12.8 Å². The van der Waals surface area contributed by atoms with Gasteiger partial charge in [-0.1, -0.05) is 0 Å². The van der Waals surface area contributed by atoms with Gasteiger partial charge in [-0.15, -0.1) is 0 Å². The number of ether oxygens (including phenoxy) is 1. The molecule has 1 saturated carbocycles. The van der Waals surface area contributed by atoms with Crippen LogP contribution in [0.5, 0.6) is 11.5 Å². The average Bonchev–Trinajstić information content (AvgIpc) is 3.21. The Labute approximate surface area is 116 Å². The average molecular weight is 279 g/mol. The van der Waals surface area contributed by atoms with Crippen LogP contribution in [0.3, 0.4) is 0 Å². The van der Waals surface area contributed by atoms with Crippen molar-refractivity contribution in [2.75, 3.05) is 7.11 Å². The Hall–Kier alpha value is -2.24. The number of phenolic OH excluding ortho intramolecular Hbond substituents is 1. The summed E-state index contributed by atoms with van der Waals surface area (Å²) in [5.41, 5.74) is 0.277. The lowest BCUT2D eigenvalue weighted by Crippen LogP contribution is -2.38. The molecule has 1 aromatic carbocycles. The van der Waals surface area contributed by atoms with E-state index in [1.54, 1.807) is 0 Å². The van der Waals surface area contributed by atoms with E-state index in [1.165, 1.54) is 25.3 Å². The van der Waals surface area contributed by atoms with E-state index in [1.807, 2.05) is 0 Å². The summed E-state index contributed by atoms with van der Waals surface area (Å²) in [5, 5.41) is 21.2. The Kier molecular flexibility index (Phi) is 4.12. The molecule has 0 aliphatic heterocycles. The van der Waals surface area contributed by atoms with Gasteiger partial charge in [-0.3, -0.25) is 9.59 Å². The van der Waals surface area contributed by atoms with Gasteiger partial charge in [0, 0.05) is 11.6 Å². The molecule has 0 aromatic heterocycles. The Balaban J connectivity index is 2.06. The maximum absolute atomic E-state index is 12.1. The van der Waals surface area contributed by atoms with Gasteiger partial charge < -0.3 is 20.3 Å². The third kappa shape index (κ3) is 3.40. The summed E-state index contributed by atoms with van der Waals surface area (Å²) in [6.45, 7) is 0. The van der Waals surface area contributed by atoms with Crippen molar-refractivity contribution in [2.24, 2.45) is 5.92 Å². The molecular formula is C14H17NO5. The first-order valence-corrected chi connectivity index (χ1v) is 6.41. The van der Waals surface area contributed by atoms with Gasteiger partial charge in [-0.25, -0.2) is 0 Å². The number of carbonyl (C=O) groups is 2. The van der Waals surface area contributed by atoms with Crippen LogP contribution in [0.4, 0.5) is 0 Å². The van der Waals surface area contributed by atoms with Crippen molar-refractivity contribution in [3.63, 3.8) is 0 Å². The van der Waals surface area contributed by atoms with E-state index in [2.05, 4.69) is 5.32 Å². The predicted molar refractivity (Wildman–Crippen MR) is 70.9 cm³/mol. The molecule has 0 spiro atoms. The lowest BCUT2D eigenvalue weighted by molar-refractivity contribution is -0.137. The fourth-order valence-corrected chi connectivity index (χ4v) is 2.11. The highest BCUT2D eigenvalue weighted by Crippen LogP contribution is 2.34. The minimum atomic E-state index is -0.931. The zero-order valence-corrected chi connectivity index (χ0v) is 11.1. The van der Waals surface area contributed by atoms with Crippen molar-refractivity contribution >= 4 is 11.9 Å². The minimum Gasteiger partial charge on any atom is -0.504 e. The second-order valence-corrected chi connectivity index (χ2v) is 4.90. The molecule has 20 heavy (non-hydrogen) atoms. The molecule has 0 bridgehead atoms. The van der Waals surface area contributed by atoms with Gasteiger partial charge in [-0.05, 0) is 37.0 Å². The number of carboxylic acid groups (broad SMARTS) is 1. The van der Waals surface area contributed by atoms with Gasteiger partial charge in [0.15, 0.2) is 11.5 Å². The van der Waals surface area contributed by atoms with E-state index in [-0.39, 0.29) is 41.4 Å². The van der Waals surface area contributed by atoms with Crippen LogP contribution in [0.1, 0.15) is 29.6 Å². The van der Waals surface area contributed by atoms with Crippen LogP contribution in [0.2, 0.25) is 0 Å². The van der Waals surface area contributed by atoms with E-state index >= 15 is 0 Å². The fraction of sp³-hybridized carbons (Fsp3) is 0.429. The van der Waals surface area contributed by atoms with E-state index in [9.17, 15) is 14.7 Å². The molecule has 6 heteroatoms. The quantitative estimate of drug-likeness (QED) is 0.731. The molecule has 0 heterocycles. The highest BCUT2D eigenvalue weighted by Gasteiger charge is 2.33. The Morgan fingerprint density at radius 3 is 2.65 bits per heavy atom. The molecule has 2 rings (SSSR count). The summed E-state index contributed by atoms with van der Waals surface area (Å²) in [5.74, 6) is -0.921. The highest BCUT2D eigenvalue weighted by atomic mass is 16.5. The number of amides is 1. The SMILES string of the molecule is COc1ccc(C(=O)NC(CC(=O)O)C2CC2)cc1O. The van der Waals surface area contributed by atoms with Gasteiger partial charge >= 0.3 is 5.97 Å². The summed E-state index contributed by atoms with van der Waals surface area (Å²) in [4.78, 5) is 22.9. The maximum atomic E-state index is 12.1. The normalized spacial score (nSPS) is 15.4. The lowest BCUT2D eigenvalue weighted by Gasteiger charge is -2.16. The summed E-state index contributed by atoms with van der Waals surface area (Å²) in [7, 11) is 1.42. The lowest BCUT2D eigenvalue weighted by atomic mass is 10.1. The first kappa shape index (κ1) is 14.2. The standard InChI is InChI=1S/C14H17NO5/c1-20-12-5-4-9(6-11(12)16)14(19)15-10(7-13(17)18)8-2-3-8/h4-6,8,10,16H,2-3,7H2,1H3,(H,15,19)(H,17,18). The summed E-state index contributed by atoms with van der Waals surface area (Å²) < 4.78 is 4.90. The van der Waals surface area contributed by atoms with Gasteiger partial charge in [0.25, 0.3) is 5.91 Å². The van der Waals surface area contributed by atoms with Crippen LogP contribution < -0.4 is 10.1 Å². The van der Waals surface area contributed by atoms with Crippen molar-refractivity contribution in [1.29, 1.82) is 0 Å². The summed E-state index contributed by atoms with van der Waals surface area (Å²) in [6.07, 6.45) is 1.79. The molecule has 1 fully saturated rings. The van der Waals surface area contributed by atoms with Crippen LogP contribution in [-0.4, -0.2) is 35.2 Å². The number of benzene rings is 1. The summed E-state index contributed by atoms with van der Waals surface area (Å²) in [6, 6.07) is 3.97. The number of nitrogens with one attached hydrogen (secondary N) is 1. The van der Waals surface area contributed by atoms with Crippen LogP contribution in [0.25, 0.3) is 0 Å². The molecule has 1 aliphatic carbocycles. The van der Waals surface area contributed by atoms with Crippen molar-refractivity contribution in [1.82, 2.24) is 5.32 Å². The molecule has 1 amide bonds. The first-order chi connectivity index (χ1) is 9.51. The Morgan fingerprint density at radius 1 is 1.45 bits per heavy atom. The molecule has 3 N–H and O–H groups in total. The van der Waals surface area contributed by atoms with Crippen LogP contribution in [0, 0.1) is 5.92 Å². The molecule has 1 atom stereocenters. The summed E-state index contributed by atoms with van der Waals surface area (Å²) >= 11 is 0. The van der Waals surface area contributed by atoms with E-state index < -0.39 is 5.97 Å². The van der Waals surface area contributed by atoms with E-state index in [0.29, 0.717) is 0 Å². The largest absolute Gasteiger partial charge is 0.504 e. The predicted octanol–water partition coefficient (Wildman–Crippen LogP) is 1.38. The number of methoxy groups -OCH3 is 1. The molecule has 1 aromatic rings. The third-order valence-electron chi connectivity index (χ3n) is 3.34. The van der Waals surface area contributed by atoms with Crippen molar-refractivity contribution in [3.8, 4) is 11.5 Å². The fourth-order valence-electron chi connectivity index (χ4n) is 2.11. The zero-order valence-electron chi connectivity index (χ0n) is 11.1. The van der Waals surface area contributed by atoms with Crippen LogP contribution in [0.15, 0.2) is 18.2 Å². The smallest absolute Gasteiger partial charge is 0.305 e. The number of hydrogen-bond donors (Lipinski definition) is 3. The molecule has 0 saturated heterocycles. The second kappa shape index (κ2) is 5.81. The first-order valence-electron chi connectivity index (χ1n) is 6.41. The van der Waals surface area contributed by atoms with Gasteiger partial charge in [0.1, 0.15) is 0 Å². The molecule has 1 aliphatic rings. The third-order valence-corrected chi connectivity index (χ3v) is 3.34. The zero-order chi connectivity index (χ0) is 14.7.